The zero-order valence-corrected chi connectivity index (χ0v) is 11.9. The van der Waals surface area contributed by atoms with Crippen molar-refractivity contribution in [2.45, 2.75) is 13.5 Å². The van der Waals surface area contributed by atoms with E-state index in [0.717, 1.165) is 12.4 Å². The number of hydrogen-bond acceptors (Lipinski definition) is 5. The van der Waals surface area contributed by atoms with Crippen LogP contribution in [0.25, 0.3) is 0 Å². The lowest BCUT2D eigenvalue weighted by Gasteiger charge is -2.19. The van der Waals surface area contributed by atoms with E-state index in [1.54, 1.807) is 13.1 Å². The highest BCUT2D eigenvalue weighted by molar-refractivity contribution is 5.51. The number of nitriles is 1. The average molecular weight is 267 g/mol. The average Bonchev–Trinajstić information content (AvgIpc) is 2.46. The van der Waals surface area contributed by atoms with Crippen molar-refractivity contribution in [1.82, 2.24) is 9.97 Å². The Labute approximate surface area is 119 Å². The van der Waals surface area contributed by atoms with Gasteiger partial charge in [0.1, 0.15) is 18.0 Å². The predicted molar refractivity (Wildman–Crippen MR) is 79.3 cm³/mol. The van der Waals surface area contributed by atoms with Gasteiger partial charge >= 0.3 is 0 Å². The van der Waals surface area contributed by atoms with E-state index >= 15 is 0 Å². The summed E-state index contributed by atoms with van der Waals surface area (Å²) in [7, 11) is 3.65. The van der Waals surface area contributed by atoms with Crippen LogP contribution in [0, 0.1) is 18.4 Å². The van der Waals surface area contributed by atoms with Gasteiger partial charge in [-0.15, -0.1) is 0 Å². The normalized spacial score (nSPS) is 9.90. The van der Waals surface area contributed by atoms with Gasteiger partial charge in [0.2, 0.25) is 0 Å². The molecular weight excluding hydrogens is 250 g/mol. The quantitative estimate of drug-likeness (QED) is 0.628. The standard InChI is InChI=1S/C15H17N5/c1-12-5-4-6-13(7-12)9-19(2)14-8-15(18-11-17-14)20(3)10-16/h4-8,11H,9H2,1-3H3. The van der Waals surface area contributed by atoms with Gasteiger partial charge in [0.15, 0.2) is 6.19 Å². The molecule has 0 aliphatic heterocycles. The molecule has 0 N–H and O–H groups in total. The molecular formula is C15H17N5. The van der Waals surface area contributed by atoms with Crippen molar-refractivity contribution in [3.05, 3.63) is 47.8 Å². The predicted octanol–water partition coefficient (Wildman–Crippen LogP) is 2.34. The molecule has 5 nitrogen and oxygen atoms in total. The number of benzene rings is 1. The largest absolute Gasteiger partial charge is 0.355 e. The third-order valence-electron chi connectivity index (χ3n) is 3.03. The van der Waals surface area contributed by atoms with Crippen LogP contribution >= 0.6 is 0 Å². The van der Waals surface area contributed by atoms with Crippen molar-refractivity contribution in [3.63, 3.8) is 0 Å². The van der Waals surface area contributed by atoms with E-state index in [-0.39, 0.29) is 0 Å². The lowest BCUT2D eigenvalue weighted by Crippen LogP contribution is -2.19. The summed E-state index contributed by atoms with van der Waals surface area (Å²) >= 11 is 0. The molecule has 1 aromatic carbocycles. The molecule has 1 aromatic heterocycles. The first kappa shape index (κ1) is 13.8. The van der Waals surface area contributed by atoms with Gasteiger partial charge in [-0.1, -0.05) is 29.8 Å². The van der Waals surface area contributed by atoms with Crippen molar-refractivity contribution < 1.29 is 0 Å². The summed E-state index contributed by atoms with van der Waals surface area (Å²) in [6, 6.07) is 10.2. The fraction of sp³-hybridized carbons (Fsp3) is 0.267. The number of rotatable bonds is 4. The molecule has 0 saturated heterocycles. The van der Waals surface area contributed by atoms with E-state index in [0.29, 0.717) is 5.82 Å². The first-order chi connectivity index (χ1) is 9.60. The molecule has 2 rings (SSSR count). The molecule has 0 aliphatic carbocycles. The van der Waals surface area contributed by atoms with Gasteiger partial charge in [0.25, 0.3) is 0 Å². The second-order valence-corrected chi connectivity index (χ2v) is 4.74. The molecule has 0 spiro atoms. The van der Waals surface area contributed by atoms with E-state index in [2.05, 4.69) is 35.1 Å². The van der Waals surface area contributed by atoms with Gasteiger partial charge in [-0.2, -0.15) is 5.26 Å². The topological polar surface area (TPSA) is 56.0 Å². The summed E-state index contributed by atoms with van der Waals surface area (Å²) in [4.78, 5) is 11.8. The van der Waals surface area contributed by atoms with E-state index in [9.17, 15) is 0 Å². The molecule has 1 heterocycles. The molecule has 0 radical (unpaired) electrons. The Morgan fingerprint density at radius 1 is 1.15 bits per heavy atom. The highest BCUT2D eigenvalue weighted by Crippen LogP contribution is 2.17. The van der Waals surface area contributed by atoms with Crippen molar-refractivity contribution in [1.29, 1.82) is 5.26 Å². The van der Waals surface area contributed by atoms with Gasteiger partial charge in [0.05, 0.1) is 0 Å². The second-order valence-electron chi connectivity index (χ2n) is 4.74. The Hall–Kier alpha value is -2.61. The van der Waals surface area contributed by atoms with Gasteiger partial charge in [-0.05, 0) is 12.5 Å². The van der Waals surface area contributed by atoms with Crippen LogP contribution in [-0.2, 0) is 6.54 Å². The SMILES string of the molecule is Cc1cccc(CN(C)c2cc(N(C)C#N)ncn2)c1. The molecule has 0 saturated carbocycles. The molecule has 0 bridgehead atoms. The van der Waals surface area contributed by atoms with Gasteiger partial charge in [-0.3, -0.25) is 4.90 Å². The molecule has 5 heteroatoms. The Morgan fingerprint density at radius 2 is 1.90 bits per heavy atom. The van der Waals surface area contributed by atoms with Crippen molar-refractivity contribution in [3.8, 4) is 6.19 Å². The highest BCUT2D eigenvalue weighted by atomic mass is 15.2. The molecule has 0 unspecified atom stereocenters. The minimum atomic E-state index is 0.591. The third kappa shape index (κ3) is 3.23. The Kier molecular flexibility index (Phi) is 4.16. The molecule has 0 atom stereocenters. The van der Waals surface area contributed by atoms with E-state index in [1.807, 2.05) is 24.2 Å². The summed E-state index contributed by atoms with van der Waals surface area (Å²) in [6.07, 6.45) is 3.51. The maximum absolute atomic E-state index is 8.89. The summed E-state index contributed by atoms with van der Waals surface area (Å²) in [5, 5.41) is 8.89. The smallest absolute Gasteiger partial charge is 0.185 e. The zero-order chi connectivity index (χ0) is 14.5. The van der Waals surface area contributed by atoms with E-state index in [1.165, 1.54) is 22.4 Å². The number of aromatic nitrogens is 2. The van der Waals surface area contributed by atoms with Crippen LogP contribution in [0.4, 0.5) is 11.6 Å². The van der Waals surface area contributed by atoms with Gasteiger partial charge < -0.3 is 4.90 Å². The number of nitrogens with zero attached hydrogens (tertiary/aromatic N) is 5. The molecule has 102 valence electrons. The fourth-order valence-electron chi connectivity index (χ4n) is 1.95. The summed E-state index contributed by atoms with van der Waals surface area (Å²) in [5.41, 5.74) is 2.46. The number of aryl methyl sites for hydroxylation is 1. The zero-order valence-electron chi connectivity index (χ0n) is 11.9. The molecule has 0 aliphatic rings. The summed E-state index contributed by atoms with van der Waals surface area (Å²) < 4.78 is 0. The van der Waals surface area contributed by atoms with E-state index in [4.69, 9.17) is 5.26 Å². The van der Waals surface area contributed by atoms with Crippen LogP contribution in [-0.4, -0.2) is 24.1 Å². The van der Waals surface area contributed by atoms with Crippen LogP contribution in [0.1, 0.15) is 11.1 Å². The number of anilines is 2. The van der Waals surface area contributed by atoms with Crippen LogP contribution < -0.4 is 9.80 Å². The van der Waals surface area contributed by atoms with Crippen LogP contribution in [0.15, 0.2) is 36.7 Å². The highest BCUT2D eigenvalue weighted by Gasteiger charge is 2.08. The first-order valence-corrected chi connectivity index (χ1v) is 6.32. The summed E-state index contributed by atoms with van der Waals surface area (Å²) in [5.74, 6) is 1.38. The third-order valence-corrected chi connectivity index (χ3v) is 3.03. The monoisotopic (exact) mass is 267 g/mol. The molecule has 20 heavy (non-hydrogen) atoms. The second kappa shape index (κ2) is 6.02. The van der Waals surface area contributed by atoms with E-state index < -0.39 is 0 Å². The van der Waals surface area contributed by atoms with Crippen molar-refractivity contribution in [2.24, 2.45) is 0 Å². The maximum atomic E-state index is 8.89. The lowest BCUT2D eigenvalue weighted by atomic mass is 10.1. The first-order valence-electron chi connectivity index (χ1n) is 6.32. The van der Waals surface area contributed by atoms with Crippen LogP contribution in [0.3, 0.4) is 0 Å². The van der Waals surface area contributed by atoms with Crippen molar-refractivity contribution >= 4 is 11.6 Å². The maximum Gasteiger partial charge on any atom is 0.185 e. The lowest BCUT2D eigenvalue weighted by molar-refractivity contribution is 0.887. The molecule has 0 amide bonds. The Balaban J connectivity index is 2.17. The van der Waals surface area contributed by atoms with Gasteiger partial charge in [0, 0.05) is 26.7 Å². The molecule has 2 aromatic rings. The molecule has 0 fully saturated rings. The summed E-state index contributed by atoms with van der Waals surface area (Å²) in [6.45, 7) is 2.84. The van der Waals surface area contributed by atoms with Gasteiger partial charge in [-0.25, -0.2) is 9.97 Å². The van der Waals surface area contributed by atoms with Crippen LogP contribution in [0.2, 0.25) is 0 Å². The number of hydrogen-bond donors (Lipinski definition) is 0. The van der Waals surface area contributed by atoms with Crippen molar-refractivity contribution in [2.75, 3.05) is 23.9 Å². The van der Waals surface area contributed by atoms with Crippen LogP contribution in [0.5, 0.6) is 0 Å². The fourth-order valence-corrected chi connectivity index (χ4v) is 1.95. The Morgan fingerprint density at radius 3 is 2.60 bits per heavy atom. The minimum absolute atomic E-state index is 0.591. The minimum Gasteiger partial charge on any atom is -0.355 e. The Bertz CT molecular complexity index is 632.